The van der Waals surface area contributed by atoms with Gasteiger partial charge in [0.05, 0.1) is 0 Å². The first-order valence-electron chi connectivity index (χ1n) is 9.56. The van der Waals surface area contributed by atoms with E-state index in [1.54, 1.807) is 12.1 Å². The van der Waals surface area contributed by atoms with Crippen molar-refractivity contribution in [1.82, 2.24) is 10.0 Å². The third kappa shape index (κ3) is 11.1. The van der Waals surface area contributed by atoms with Gasteiger partial charge in [0, 0.05) is 18.7 Å². The van der Waals surface area contributed by atoms with Gasteiger partial charge in [0.25, 0.3) is 5.91 Å². The van der Waals surface area contributed by atoms with Crippen molar-refractivity contribution >= 4 is 16.2 Å². The fraction of sp³-hybridized carbons (Fsp3) is 0.632. The number of rotatable bonds is 12. The van der Waals surface area contributed by atoms with Crippen LogP contribution in [-0.2, 0) is 10.3 Å². The largest absolute Gasteiger partial charge is 0.382 e. The predicted octanol–water partition coefficient (Wildman–Crippen LogP) is 4.04. The van der Waals surface area contributed by atoms with Gasteiger partial charge in [0.1, 0.15) is 5.75 Å². The van der Waals surface area contributed by atoms with E-state index in [0.717, 1.165) is 38.5 Å². The molecular formula is C19H34N2O4S. The van der Waals surface area contributed by atoms with E-state index in [0.29, 0.717) is 18.7 Å². The monoisotopic (exact) mass is 386 g/mol. The van der Waals surface area contributed by atoms with E-state index in [1.165, 1.54) is 12.1 Å². The lowest BCUT2D eigenvalue weighted by molar-refractivity contribution is 0.0953. The van der Waals surface area contributed by atoms with Gasteiger partial charge >= 0.3 is 10.3 Å². The lowest BCUT2D eigenvalue weighted by Crippen LogP contribution is -2.29. The fourth-order valence-electron chi connectivity index (χ4n) is 2.07. The molecule has 0 atom stereocenters. The quantitative estimate of drug-likeness (QED) is 0.531. The van der Waals surface area contributed by atoms with Crippen LogP contribution in [0.4, 0.5) is 0 Å². The van der Waals surface area contributed by atoms with Crippen LogP contribution in [0.1, 0.15) is 76.6 Å². The molecule has 1 amide bonds. The summed E-state index contributed by atoms with van der Waals surface area (Å²) in [7, 11) is -3.82. The Morgan fingerprint density at radius 3 is 2.00 bits per heavy atom. The van der Waals surface area contributed by atoms with Crippen LogP contribution in [-0.4, -0.2) is 27.4 Å². The normalized spacial score (nSPS) is 10.6. The lowest BCUT2D eigenvalue weighted by atomic mass is 10.2. The third-order valence-corrected chi connectivity index (χ3v) is 4.42. The number of hydrogen-bond acceptors (Lipinski definition) is 4. The lowest BCUT2D eigenvalue weighted by Gasteiger charge is -2.09. The first-order chi connectivity index (χ1) is 12.5. The maximum Gasteiger partial charge on any atom is 0.382 e. The molecule has 0 saturated heterocycles. The molecule has 150 valence electrons. The van der Waals surface area contributed by atoms with Crippen LogP contribution >= 0.6 is 0 Å². The van der Waals surface area contributed by atoms with E-state index in [9.17, 15) is 13.2 Å². The molecule has 0 aliphatic rings. The maximum absolute atomic E-state index is 11.9. The molecule has 0 aliphatic heterocycles. The number of benzene rings is 1. The van der Waals surface area contributed by atoms with Crippen molar-refractivity contribution in [2.45, 2.75) is 66.2 Å². The molecule has 0 aromatic heterocycles. The Bertz CT molecular complexity index is 586. The molecule has 26 heavy (non-hydrogen) atoms. The molecule has 6 nitrogen and oxygen atoms in total. The minimum absolute atomic E-state index is 0.168. The molecule has 0 unspecified atom stereocenters. The molecule has 7 heteroatoms. The second-order valence-corrected chi connectivity index (χ2v) is 6.99. The number of carbonyl (C=O) groups is 1. The summed E-state index contributed by atoms with van der Waals surface area (Å²) < 4.78 is 30.9. The van der Waals surface area contributed by atoms with E-state index < -0.39 is 10.3 Å². The Hall–Kier alpha value is -1.60. The second-order valence-electron chi connectivity index (χ2n) is 5.63. The number of hydrogen-bond donors (Lipinski definition) is 2. The Balaban J connectivity index is 0.00000301. The summed E-state index contributed by atoms with van der Waals surface area (Å²) in [4.78, 5) is 11.9. The van der Waals surface area contributed by atoms with Gasteiger partial charge in [-0.1, -0.05) is 53.4 Å². The zero-order valence-electron chi connectivity index (χ0n) is 16.5. The zero-order valence-corrected chi connectivity index (χ0v) is 17.3. The fourth-order valence-corrected chi connectivity index (χ4v) is 2.89. The Morgan fingerprint density at radius 2 is 1.46 bits per heavy atom. The van der Waals surface area contributed by atoms with Crippen LogP contribution in [0.3, 0.4) is 0 Å². The molecular weight excluding hydrogens is 352 g/mol. The summed E-state index contributed by atoms with van der Waals surface area (Å²) in [6.45, 7) is 9.15. The van der Waals surface area contributed by atoms with Crippen LogP contribution < -0.4 is 14.2 Å². The summed E-state index contributed by atoms with van der Waals surface area (Å²) in [6, 6.07) is 6.06. The minimum Gasteiger partial charge on any atom is -0.371 e. The van der Waals surface area contributed by atoms with Crippen LogP contribution in [0.25, 0.3) is 0 Å². The molecule has 0 heterocycles. The Morgan fingerprint density at radius 1 is 0.923 bits per heavy atom. The van der Waals surface area contributed by atoms with Crippen molar-refractivity contribution in [3.63, 3.8) is 0 Å². The molecule has 0 aliphatic carbocycles. The van der Waals surface area contributed by atoms with E-state index in [2.05, 4.69) is 17.0 Å². The van der Waals surface area contributed by atoms with Gasteiger partial charge in [-0.3, -0.25) is 4.79 Å². The summed E-state index contributed by atoms with van der Waals surface area (Å²) in [6.07, 6.45) is 5.88. The summed E-state index contributed by atoms with van der Waals surface area (Å²) in [5.74, 6) is 0.0127. The summed E-state index contributed by atoms with van der Waals surface area (Å²) in [5, 5.41) is 2.83. The average Bonchev–Trinajstić information content (AvgIpc) is 2.64. The van der Waals surface area contributed by atoms with Crippen molar-refractivity contribution in [2.24, 2.45) is 0 Å². The van der Waals surface area contributed by atoms with Crippen LogP contribution in [0, 0.1) is 0 Å². The number of amides is 1. The number of unbranched alkanes of at least 4 members (excludes halogenated alkanes) is 4. The maximum atomic E-state index is 11.9. The topological polar surface area (TPSA) is 84.5 Å². The second kappa shape index (κ2) is 14.6. The molecule has 1 aromatic rings. The number of nitrogens with one attached hydrogen (secondary N) is 2. The molecule has 1 rings (SSSR count). The molecule has 0 spiro atoms. The molecule has 0 bridgehead atoms. The first-order valence-corrected chi connectivity index (χ1v) is 11.0. The van der Waals surface area contributed by atoms with Gasteiger partial charge in [-0.05, 0) is 37.1 Å². The smallest absolute Gasteiger partial charge is 0.371 e. The van der Waals surface area contributed by atoms with Gasteiger partial charge in [-0.25, -0.2) is 0 Å². The standard InChI is InChI=1S/C17H28N2O4S.C2H6/c1-3-5-7-13-18-17(20)15-9-11-16(12-10-15)23-24(21,22)19-14-8-6-4-2;1-2/h9-12,19H,3-8,13-14H2,1-2H3,(H,18,20);1-2H3. The highest BCUT2D eigenvalue weighted by Crippen LogP contribution is 2.14. The van der Waals surface area contributed by atoms with Gasteiger partial charge in [-0.15, -0.1) is 0 Å². The molecule has 0 radical (unpaired) electrons. The average molecular weight is 387 g/mol. The van der Waals surface area contributed by atoms with E-state index >= 15 is 0 Å². The summed E-state index contributed by atoms with van der Waals surface area (Å²) in [5.41, 5.74) is 0.479. The van der Waals surface area contributed by atoms with Gasteiger partial charge < -0.3 is 9.50 Å². The Kier molecular flexibility index (Phi) is 13.7. The minimum atomic E-state index is -3.82. The van der Waals surface area contributed by atoms with E-state index in [-0.39, 0.29) is 11.7 Å². The highest BCUT2D eigenvalue weighted by atomic mass is 32.2. The van der Waals surface area contributed by atoms with E-state index in [1.807, 2.05) is 20.8 Å². The van der Waals surface area contributed by atoms with Gasteiger partial charge in [0.2, 0.25) is 0 Å². The van der Waals surface area contributed by atoms with Gasteiger partial charge in [-0.2, -0.15) is 13.1 Å². The highest BCUT2D eigenvalue weighted by molar-refractivity contribution is 7.85. The molecule has 0 saturated carbocycles. The SMILES string of the molecule is CC.CCCCCNC(=O)c1ccc(OS(=O)(=O)NCCCCC)cc1. The van der Waals surface area contributed by atoms with Crippen LogP contribution in [0.2, 0.25) is 0 Å². The predicted molar refractivity (Wildman–Crippen MR) is 107 cm³/mol. The van der Waals surface area contributed by atoms with Crippen LogP contribution in [0.15, 0.2) is 24.3 Å². The molecule has 1 aromatic carbocycles. The van der Waals surface area contributed by atoms with Crippen molar-refractivity contribution in [1.29, 1.82) is 0 Å². The van der Waals surface area contributed by atoms with Crippen molar-refractivity contribution < 1.29 is 17.4 Å². The zero-order chi connectivity index (χ0) is 19.8. The molecule has 2 N–H and O–H groups in total. The molecule has 0 fully saturated rings. The van der Waals surface area contributed by atoms with Crippen molar-refractivity contribution in [3.05, 3.63) is 29.8 Å². The number of carbonyl (C=O) groups excluding carboxylic acids is 1. The van der Waals surface area contributed by atoms with E-state index in [4.69, 9.17) is 4.18 Å². The van der Waals surface area contributed by atoms with Crippen LogP contribution in [0.5, 0.6) is 5.75 Å². The Labute approximate surface area is 159 Å². The van der Waals surface area contributed by atoms with Gasteiger partial charge in [0.15, 0.2) is 0 Å². The van der Waals surface area contributed by atoms with Crippen molar-refractivity contribution in [3.8, 4) is 5.75 Å². The first kappa shape index (κ1) is 24.4. The third-order valence-electron chi connectivity index (χ3n) is 3.45. The highest BCUT2D eigenvalue weighted by Gasteiger charge is 2.12. The summed E-state index contributed by atoms with van der Waals surface area (Å²) >= 11 is 0. The van der Waals surface area contributed by atoms with Crippen molar-refractivity contribution in [2.75, 3.05) is 13.1 Å².